The van der Waals surface area contributed by atoms with Crippen molar-refractivity contribution < 1.29 is 27.8 Å². The Kier molecular flexibility index (Phi) is 4.22. The Morgan fingerprint density at radius 2 is 2.11 bits per heavy atom. The van der Waals surface area contributed by atoms with Gasteiger partial charge >= 0.3 is 6.36 Å². The predicted octanol–water partition coefficient (Wildman–Crippen LogP) is 2.52. The number of nitrogens with one attached hydrogen (secondary N) is 1. The molecular formula is C11H11BrF3NO3. The Morgan fingerprint density at radius 1 is 1.37 bits per heavy atom. The van der Waals surface area contributed by atoms with Crippen molar-refractivity contribution in [1.29, 1.82) is 0 Å². The molecule has 1 aliphatic heterocycles. The van der Waals surface area contributed by atoms with Gasteiger partial charge in [-0.3, -0.25) is 0 Å². The molecular weight excluding hydrogens is 331 g/mol. The molecule has 106 valence electrons. The molecule has 1 heterocycles. The van der Waals surface area contributed by atoms with Crippen LogP contribution in [0.5, 0.6) is 5.75 Å². The number of ether oxygens (including phenoxy) is 2. The Morgan fingerprint density at radius 3 is 2.63 bits per heavy atom. The molecule has 1 fully saturated rings. The molecule has 2 atom stereocenters. The van der Waals surface area contributed by atoms with Crippen molar-refractivity contribution in [2.75, 3.05) is 18.5 Å². The molecule has 0 spiro atoms. The van der Waals surface area contributed by atoms with Crippen molar-refractivity contribution in [1.82, 2.24) is 0 Å². The van der Waals surface area contributed by atoms with Crippen LogP contribution in [0.2, 0.25) is 0 Å². The number of halogens is 4. The number of alkyl halides is 3. The molecule has 0 saturated carbocycles. The first-order valence-electron chi connectivity index (χ1n) is 5.43. The smallest absolute Gasteiger partial charge is 0.405 e. The highest BCUT2D eigenvalue weighted by Gasteiger charge is 2.32. The van der Waals surface area contributed by atoms with E-state index in [0.29, 0.717) is 12.3 Å². The fourth-order valence-electron chi connectivity index (χ4n) is 1.69. The third-order valence-corrected chi connectivity index (χ3v) is 3.18. The van der Waals surface area contributed by atoms with Gasteiger partial charge in [0.05, 0.1) is 29.8 Å². The van der Waals surface area contributed by atoms with Crippen LogP contribution in [-0.2, 0) is 4.74 Å². The second-order valence-corrected chi connectivity index (χ2v) is 4.90. The number of rotatable bonds is 3. The number of hydrogen-bond donors (Lipinski definition) is 2. The average molecular weight is 342 g/mol. The molecule has 2 unspecified atom stereocenters. The van der Waals surface area contributed by atoms with Crippen LogP contribution < -0.4 is 10.1 Å². The van der Waals surface area contributed by atoms with Gasteiger partial charge in [-0.2, -0.15) is 0 Å². The topological polar surface area (TPSA) is 50.7 Å². The first-order valence-corrected chi connectivity index (χ1v) is 6.22. The Labute approximate surface area is 115 Å². The standard InChI is InChI=1S/C11H11BrF3NO3/c12-7-3-6(16-8-4-18-5-9(8)17)1-2-10(7)19-11(13,14)15/h1-3,8-9,16-17H,4-5H2. The van der Waals surface area contributed by atoms with Crippen LogP contribution in [0.15, 0.2) is 22.7 Å². The molecule has 0 radical (unpaired) electrons. The maximum absolute atomic E-state index is 12.1. The molecule has 2 rings (SSSR count). The summed E-state index contributed by atoms with van der Waals surface area (Å²) in [5.41, 5.74) is 0.566. The fourth-order valence-corrected chi connectivity index (χ4v) is 2.15. The van der Waals surface area contributed by atoms with Gasteiger partial charge in [-0.25, -0.2) is 0 Å². The summed E-state index contributed by atoms with van der Waals surface area (Å²) in [7, 11) is 0. The van der Waals surface area contributed by atoms with Gasteiger partial charge in [-0.1, -0.05) is 0 Å². The second-order valence-electron chi connectivity index (χ2n) is 4.05. The van der Waals surface area contributed by atoms with E-state index in [0.717, 1.165) is 0 Å². The molecule has 2 N–H and O–H groups in total. The molecule has 1 aromatic rings. The monoisotopic (exact) mass is 341 g/mol. The highest BCUT2D eigenvalue weighted by Crippen LogP contribution is 2.32. The van der Waals surface area contributed by atoms with Crippen LogP contribution in [0.25, 0.3) is 0 Å². The van der Waals surface area contributed by atoms with Gasteiger partial charge in [0.1, 0.15) is 5.75 Å². The zero-order chi connectivity index (χ0) is 14.0. The third-order valence-electron chi connectivity index (χ3n) is 2.56. The lowest BCUT2D eigenvalue weighted by Gasteiger charge is -2.17. The molecule has 1 saturated heterocycles. The molecule has 0 aromatic heterocycles. The molecule has 19 heavy (non-hydrogen) atoms. The fraction of sp³-hybridized carbons (Fsp3) is 0.455. The van der Waals surface area contributed by atoms with E-state index in [1.165, 1.54) is 18.2 Å². The minimum absolute atomic E-state index is 0.170. The minimum atomic E-state index is -4.73. The average Bonchev–Trinajstić information content (AvgIpc) is 2.67. The number of anilines is 1. The summed E-state index contributed by atoms with van der Waals surface area (Å²) < 4.78 is 45.3. The number of aliphatic hydroxyl groups excluding tert-OH is 1. The van der Waals surface area contributed by atoms with Gasteiger partial charge < -0.3 is 19.9 Å². The van der Waals surface area contributed by atoms with Gasteiger partial charge in [0.2, 0.25) is 0 Å². The van der Waals surface area contributed by atoms with E-state index in [1.807, 2.05) is 0 Å². The van der Waals surface area contributed by atoms with Gasteiger partial charge in [-0.05, 0) is 34.1 Å². The van der Waals surface area contributed by atoms with E-state index >= 15 is 0 Å². The highest BCUT2D eigenvalue weighted by atomic mass is 79.9. The van der Waals surface area contributed by atoms with Crippen molar-refractivity contribution in [3.05, 3.63) is 22.7 Å². The Bertz CT molecular complexity index is 455. The van der Waals surface area contributed by atoms with Crippen LogP contribution in [-0.4, -0.2) is 36.8 Å². The third kappa shape index (κ3) is 3.99. The summed E-state index contributed by atoms with van der Waals surface area (Å²) in [5.74, 6) is -0.318. The van der Waals surface area contributed by atoms with Crippen molar-refractivity contribution in [3.8, 4) is 5.75 Å². The summed E-state index contributed by atoms with van der Waals surface area (Å²) in [6, 6.07) is 3.81. The molecule has 1 aromatic carbocycles. The van der Waals surface area contributed by atoms with E-state index in [1.54, 1.807) is 0 Å². The number of aliphatic hydroxyl groups is 1. The predicted molar refractivity (Wildman–Crippen MR) is 65.1 cm³/mol. The lowest BCUT2D eigenvalue weighted by atomic mass is 10.2. The second kappa shape index (κ2) is 5.56. The van der Waals surface area contributed by atoms with Crippen molar-refractivity contribution in [2.45, 2.75) is 18.5 Å². The molecule has 8 heteroatoms. The summed E-state index contributed by atoms with van der Waals surface area (Å²) >= 11 is 3.01. The summed E-state index contributed by atoms with van der Waals surface area (Å²) in [6.45, 7) is 0.591. The maximum Gasteiger partial charge on any atom is 0.573 e. The van der Waals surface area contributed by atoms with E-state index in [4.69, 9.17) is 4.74 Å². The van der Waals surface area contributed by atoms with Crippen molar-refractivity contribution in [3.63, 3.8) is 0 Å². The molecule has 0 aliphatic carbocycles. The van der Waals surface area contributed by atoms with Gasteiger partial charge in [-0.15, -0.1) is 13.2 Å². The largest absolute Gasteiger partial charge is 0.573 e. The van der Waals surface area contributed by atoms with Crippen LogP contribution in [0.3, 0.4) is 0 Å². The van der Waals surface area contributed by atoms with E-state index < -0.39 is 12.5 Å². The summed E-state index contributed by atoms with van der Waals surface area (Å²) in [5, 5.41) is 12.5. The highest BCUT2D eigenvalue weighted by molar-refractivity contribution is 9.10. The Hall–Kier alpha value is -0.990. The van der Waals surface area contributed by atoms with Crippen LogP contribution in [0.1, 0.15) is 0 Å². The van der Waals surface area contributed by atoms with Gasteiger partial charge in [0, 0.05) is 5.69 Å². The summed E-state index contributed by atoms with van der Waals surface area (Å²) in [4.78, 5) is 0. The molecule has 0 amide bonds. The van der Waals surface area contributed by atoms with E-state index in [-0.39, 0.29) is 22.9 Å². The maximum atomic E-state index is 12.1. The van der Waals surface area contributed by atoms with Crippen LogP contribution in [0, 0.1) is 0 Å². The van der Waals surface area contributed by atoms with E-state index in [9.17, 15) is 18.3 Å². The molecule has 4 nitrogen and oxygen atoms in total. The lowest BCUT2D eigenvalue weighted by molar-refractivity contribution is -0.274. The van der Waals surface area contributed by atoms with Crippen molar-refractivity contribution >= 4 is 21.6 Å². The van der Waals surface area contributed by atoms with Crippen LogP contribution in [0.4, 0.5) is 18.9 Å². The van der Waals surface area contributed by atoms with Crippen LogP contribution >= 0.6 is 15.9 Å². The number of benzene rings is 1. The number of hydrogen-bond acceptors (Lipinski definition) is 4. The molecule has 0 bridgehead atoms. The normalized spacial score (nSPS) is 23.4. The first-order chi connectivity index (χ1) is 8.85. The van der Waals surface area contributed by atoms with Crippen molar-refractivity contribution in [2.24, 2.45) is 0 Å². The van der Waals surface area contributed by atoms with Gasteiger partial charge in [0.15, 0.2) is 0 Å². The zero-order valence-corrected chi connectivity index (χ0v) is 11.2. The van der Waals surface area contributed by atoms with E-state index in [2.05, 4.69) is 26.0 Å². The lowest BCUT2D eigenvalue weighted by Crippen LogP contribution is -2.31. The zero-order valence-electron chi connectivity index (χ0n) is 9.58. The SMILES string of the molecule is OC1COCC1Nc1ccc(OC(F)(F)F)c(Br)c1. The summed E-state index contributed by atoms with van der Waals surface area (Å²) in [6.07, 6.45) is -5.36. The quantitative estimate of drug-likeness (QED) is 0.886. The molecule has 1 aliphatic rings. The Balaban J connectivity index is 2.06. The minimum Gasteiger partial charge on any atom is -0.405 e. The van der Waals surface area contributed by atoms with Gasteiger partial charge in [0.25, 0.3) is 0 Å². The first kappa shape index (κ1) is 14.4.